The van der Waals surface area contributed by atoms with E-state index in [0.29, 0.717) is 5.56 Å². The van der Waals surface area contributed by atoms with Gasteiger partial charge in [0.05, 0.1) is 6.61 Å². The molecule has 20 heavy (non-hydrogen) atoms. The first kappa shape index (κ1) is 14.5. The van der Waals surface area contributed by atoms with Crippen molar-refractivity contribution < 1.29 is 14.3 Å². The number of carbonyl (C=O) groups is 2. The second kappa shape index (κ2) is 6.00. The summed E-state index contributed by atoms with van der Waals surface area (Å²) in [6.07, 6.45) is 0. The van der Waals surface area contributed by atoms with E-state index in [1.54, 1.807) is 6.92 Å². The van der Waals surface area contributed by atoms with Crippen LogP contribution in [0.5, 0.6) is 0 Å². The lowest BCUT2D eigenvalue weighted by Crippen LogP contribution is -2.07. The summed E-state index contributed by atoms with van der Waals surface area (Å²) in [6.45, 7) is 3.39. The van der Waals surface area contributed by atoms with Crippen LogP contribution in [0, 0.1) is 0 Å². The van der Waals surface area contributed by atoms with E-state index in [1.165, 1.54) is 6.92 Å². The molecule has 0 saturated heterocycles. The highest BCUT2D eigenvalue weighted by molar-refractivity contribution is 9.10. The summed E-state index contributed by atoms with van der Waals surface area (Å²) in [4.78, 5) is 23.6. The maximum absolute atomic E-state index is 11.9. The van der Waals surface area contributed by atoms with Crippen LogP contribution >= 0.6 is 15.9 Å². The fraction of sp³-hybridized carbons (Fsp3) is 0.214. The molecule has 0 saturated carbocycles. The topological polar surface area (TPSA) is 72.1 Å². The van der Waals surface area contributed by atoms with Gasteiger partial charge in [0, 0.05) is 17.0 Å². The van der Waals surface area contributed by atoms with Gasteiger partial charge in [0.25, 0.3) is 0 Å². The molecule has 1 heterocycles. The highest BCUT2D eigenvalue weighted by atomic mass is 79.9. The molecule has 1 aromatic heterocycles. The Balaban J connectivity index is 2.58. The Hall–Kier alpha value is -1.95. The van der Waals surface area contributed by atoms with Crippen LogP contribution in [0.1, 0.15) is 34.8 Å². The van der Waals surface area contributed by atoms with Gasteiger partial charge in [-0.05, 0) is 24.6 Å². The van der Waals surface area contributed by atoms with E-state index in [1.807, 2.05) is 24.3 Å². The maximum Gasteiger partial charge on any atom is 0.357 e. The zero-order chi connectivity index (χ0) is 14.7. The van der Waals surface area contributed by atoms with Gasteiger partial charge in [0.1, 0.15) is 5.69 Å². The first-order valence-electron chi connectivity index (χ1n) is 6.07. The summed E-state index contributed by atoms with van der Waals surface area (Å²) in [5.41, 5.74) is 1.63. The molecule has 0 fully saturated rings. The molecule has 2 rings (SSSR count). The van der Waals surface area contributed by atoms with E-state index < -0.39 is 5.97 Å². The van der Waals surface area contributed by atoms with Crippen LogP contribution in [-0.2, 0) is 4.74 Å². The first-order chi connectivity index (χ1) is 9.54. The standard InChI is InChI=1S/C14H13BrN2O3/c1-3-20-14(19)13-11(12(8(2)18)16-17-13)9-4-6-10(15)7-5-9/h4-7H,3H2,1-2H3,(H,16,17). The number of nitrogens with zero attached hydrogens (tertiary/aromatic N) is 1. The monoisotopic (exact) mass is 336 g/mol. The molecule has 1 N–H and O–H groups in total. The molecule has 0 aliphatic rings. The van der Waals surface area contributed by atoms with E-state index in [4.69, 9.17) is 4.74 Å². The molecule has 0 unspecified atom stereocenters. The van der Waals surface area contributed by atoms with Gasteiger partial charge in [-0.2, -0.15) is 5.10 Å². The number of benzene rings is 1. The van der Waals surface area contributed by atoms with Crippen molar-refractivity contribution in [1.82, 2.24) is 10.2 Å². The van der Waals surface area contributed by atoms with Gasteiger partial charge in [-0.3, -0.25) is 9.89 Å². The van der Waals surface area contributed by atoms with Crippen LogP contribution in [0.3, 0.4) is 0 Å². The lowest BCUT2D eigenvalue weighted by atomic mass is 10.0. The number of aromatic amines is 1. The highest BCUT2D eigenvalue weighted by Gasteiger charge is 2.23. The molecule has 0 amide bonds. The van der Waals surface area contributed by atoms with Crippen LogP contribution in [0.25, 0.3) is 11.1 Å². The van der Waals surface area contributed by atoms with Crippen LogP contribution in [0.2, 0.25) is 0 Å². The summed E-state index contributed by atoms with van der Waals surface area (Å²) in [6, 6.07) is 7.29. The number of carbonyl (C=O) groups excluding carboxylic acids is 2. The third-order valence-electron chi connectivity index (χ3n) is 2.71. The molecule has 0 aliphatic heterocycles. The zero-order valence-electron chi connectivity index (χ0n) is 11.1. The third kappa shape index (κ3) is 2.80. The van der Waals surface area contributed by atoms with Crippen LogP contribution in [0.4, 0.5) is 0 Å². The third-order valence-corrected chi connectivity index (χ3v) is 3.24. The van der Waals surface area contributed by atoms with Crippen molar-refractivity contribution in [2.75, 3.05) is 6.61 Å². The Morgan fingerprint density at radius 1 is 1.30 bits per heavy atom. The summed E-state index contributed by atoms with van der Waals surface area (Å²) < 4.78 is 5.89. The lowest BCUT2D eigenvalue weighted by Gasteiger charge is -2.05. The predicted octanol–water partition coefficient (Wildman–Crippen LogP) is 3.22. The second-order valence-corrected chi connectivity index (χ2v) is 5.02. The van der Waals surface area contributed by atoms with Crippen molar-refractivity contribution in [3.05, 3.63) is 40.1 Å². The fourth-order valence-corrected chi connectivity index (χ4v) is 2.11. The Bertz CT molecular complexity index is 647. The molecule has 6 heteroatoms. The normalized spacial score (nSPS) is 10.3. The number of hydrogen-bond acceptors (Lipinski definition) is 4. The molecule has 2 aromatic rings. The van der Waals surface area contributed by atoms with Gasteiger partial charge in [0.2, 0.25) is 0 Å². The number of H-pyrrole nitrogens is 1. The van der Waals surface area contributed by atoms with Gasteiger partial charge < -0.3 is 4.74 Å². The average Bonchev–Trinajstić information content (AvgIpc) is 2.84. The Morgan fingerprint density at radius 2 is 1.95 bits per heavy atom. The van der Waals surface area contributed by atoms with Gasteiger partial charge in [-0.25, -0.2) is 4.79 Å². The van der Waals surface area contributed by atoms with Gasteiger partial charge in [-0.15, -0.1) is 0 Å². The Morgan fingerprint density at radius 3 is 2.50 bits per heavy atom. The number of ether oxygens (including phenoxy) is 1. The molecule has 0 radical (unpaired) electrons. The van der Waals surface area contributed by atoms with E-state index >= 15 is 0 Å². The van der Waals surface area contributed by atoms with Gasteiger partial charge in [0.15, 0.2) is 11.5 Å². The lowest BCUT2D eigenvalue weighted by molar-refractivity contribution is 0.0520. The van der Waals surface area contributed by atoms with Crippen LogP contribution in [-0.4, -0.2) is 28.6 Å². The van der Waals surface area contributed by atoms with Crippen molar-refractivity contribution in [3.63, 3.8) is 0 Å². The second-order valence-electron chi connectivity index (χ2n) is 4.11. The van der Waals surface area contributed by atoms with Crippen molar-refractivity contribution in [2.24, 2.45) is 0 Å². The number of esters is 1. The highest BCUT2D eigenvalue weighted by Crippen LogP contribution is 2.28. The number of aromatic nitrogens is 2. The van der Waals surface area contributed by atoms with Crippen molar-refractivity contribution in [1.29, 1.82) is 0 Å². The molecule has 104 valence electrons. The quantitative estimate of drug-likeness (QED) is 0.687. The molecular weight excluding hydrogens is 324 g/mol. The number of hydrogen-bond donors (Lipinski definition) is 1. The number of rotatable bonds is 4. The first-order valence-corrected chi connectivity index (χ1v) is 6.86. The molecule has 0 atom stereocenters. The summed E-state index contributed by atoms with van der Waals surface area (Å²) in [5, 5.41) is 6.53. The number of ketones is 1. The molecule has 5 nitrogen and oxygen atoms in total. The molecule has 0 bridgehead atoms. The van der Waals surface area contributed by atoms with E-state index in [0.717, 1.165) is 10.0 Å². The maximum atomic E-state index is 11.9. The van der Waals surface area contributed by atoms with Crippen molar-refractivity contribution in [3.8, 4) is 11.1 Å². The number of halogens is 1. The fourth-order valence-electron chi connectivity index (χ4n) is 1.85. The predicted molar refractivity (Wildman–Crippen MR) is 77.7 cm³/mol. The summed E-state index contributed by atoms with van der Waals surface area (Å²) in [7, 11) is 0. The van der Waals surface area contributed by atoms with E-state index in [2.05, 4.69) is 26.1 Å². The Kier molecular flexibility index (Phi) is 4.34. The Labute approximate surface area is 124 Å². The van der Waals surface area contributed by atoms with E-state index in [-0.39, 0.29) is 23.8 Å². The van der Waals surface area contributed by atoms with Crippen LogP contribution < -0.4 is 0 Å². The molecule has 0 spiro atoms. The molecule has 1 aromatic carbocycles. The minimum atomic E-state index is -0.523. The smallest absolute Gasteiger partial charge is 0.357 e. The summed E-state index contributed by atoms with van der Waals surface area (Å²) >= 11 is 3.35. The number of Topliss-reactive ketones (excluding diaryl/α,β-unsaturated/α-hetero) is 1. The van der Waals surface area contributed by atoms with Crippen molar-refractivity contribution >= 4 is 27.7 Å². The minimum Gasteiger partial charge on any atom is -0.461 e. The number of nitrogens with one attached hydrogen (secondary N) is 1. The molecule has 0 aliphatic carbocycles. The van der Waals surface area contributed by atoms with Crippen LogP contribution in [0.15, 0.2) is 28.7 Å². The average molecular weight is 337 g/mol. The largest absolute Gasteiger partial charge is 0.461 e. The SMILES string of the molecule is CCOC(=O)c1[nH]nc(C(C)=O)c1-c1ccc(Br)cc1. The minimum absolute atomic E-state index is 0.194. The van der Waals surface area contributed by atoms with Gasteiger partial charge in [-0.1, -0.05) is 28.1 Å². The zero-order valence-corrected chi connectivity index (χ0v) is 12.7. The van der Waals surface area contributed by atoms with E-state index in [9.17, 15) is 9.59 Å². The molecular formula is C14H13BrN2O3. The summed E-state index contributed by atoms with van der Waals surface area (Å²) in [5.74, 6) is -0.736. The van der Waals surface area contributed by atoms with Gasteiger partial charge >= 0.3 is 5.97 Å². The van der Waals surface area contributed by atoms with Crippen molar-refractivity contribution in [2.45, 2.75) is 13.8 Å².